The second-order valence-corrected chi connectivity index (χ2v) is 6.01. The number of carbonyl (C=O) groups is 1. The van der Waals surface area contributed by atoms with E-state index in [1.54, 1.807) is 18.9 Å². The Morgan fingerprint density at radius 3 is 2.62 bits per heavy atom. The minimum absolute atomic E-state index is 0.204. The van der Waals surface area contributed by atoms with E-state index in [-0.39, 0.29) is 5.91 Å². The molecule has 0 radical (unpaired) electrons. The van der Waals surface area contributed by atoms with E-state index in [4.69, 9.17) is 4.74 Å². The summed E-state index contributed by atoms with van der Waals surface area (Å²) in [7, 11) is 1.67. The molecular weight excluding hydrogens is 282 g/mol. The molecule has 3 rings (SSSR count). The van der Waals surface area contributed by atoms with Crippen LogP contribution in [0.1, 0.15) is 12.8 Å². The van der Waals surface area contributed by atoms with Gasteiger partial charge in [0.2, 0.25) is 5.91 Å². The monoisotopic (exact) mass is 299 g/mol. The lowest BCUT2D eigenvalue weighted by Gasteiger charge is -2.18. The van der Waals surface area contributed by atoms with Gasteiger partial charge >= 0.3 is 0 Å². The van der Waals surface area contributed by atoms with Crippen molar-refractivity contribution in [2.24, 2.45) is 0 Å². The molecule has 0 aromatic heterocycles. The highest BCUT2D eigenvalue weighted by Crippen LogP contribution is 2.38. The molecule has 4 heteroatoms. The number of nitrogens with zero attached hydrogens (tertiary/aromatic N) is 1. The first-order chi connectivity index (χ1) is 10.3. The fourth-order valence-corrected chi connectivity index (χ4v) is 3.43. The molecule has 2 aromatic rings. The van der Waals surface area contributed by atoms with Crippen molar-refractivity contribution in [2.75, 3.05) is 18.6 Å². The maximum atomic E-state index is 11.9. The zero-order valence-corrected chi connectivity index (χ0v) is 12.7. The maximum absolute atomic E-state index is 11.9. The van der Waals surface area contributed by atoms with Gasteiger partial charge in [-0.25, -0.2) is 0 Å². The van der Waals surface area contributed by atoms with Crippen molar-refractivity contribution in [1.82, 2.24) is 0 Å². The van der Waals surface area contributed by atoms with Gasteiger partial charge in [-0.15, -0.1) is 0 Å². The Morgan fingerprint density at radius 2 is 1.95 bits per heavy atom. The van der Waals surface area contributed by atoms with Gasteiger partial charge in [-0.1, -0.05) is 30.0 Å². The Balaban J connectivity index is 1.92. The van der Waals surface area contributed by atoms with Gasteiger partial charge in [-0.3, -0.25) is 4.79 Å². The summed E-state index contributed by atoms with van der Waals surface area (Å²) in [5.41, 5.74) is 0.955. The lowest BCUT2D eigenvalue weighted by atomic mass is 10.3. The summed E-state index contributed by atoms with van der Waals surface area (Å²) in [4.78, 5) is 15.9. The van der Waals surface area contributed by atoms with Crippen molar-refractivity contribution in [2.45, 2.75) is 22.6 Å². The molecule has 108 valence electrons. The minimum Gasteiger partial charge on any atom is -0.496 e. The summed E-state index contributed by atoms with van der Waals surface area (Å²) in [5, 5.41) is 0. The Morgan fingerprint density at radius 1 is 1.14 bits per heavy atom. The van der Waals surface area contributed by atoms with Gasteiger partial charge in [-0.2, -0.15) is 0 Å². The van der Waals surface area contributed by atoms with Gasteiger partial charge in [0.1, 0.15) is 5.75 Å². The van der Waals surface area contributed by atoms with Crippen LogP contribution in [0.2, 0.25) is 0 Å². The summed E-state index contributed by atoms with van der Waals surface area (Å²) in [5.74, 6) is 1.04. The van der Waals surface area contributed by atoms with Crippen LogP contribution in [0.25, 0.3) is 0 Å². The van der Waals surface area contributed by atoms with Gasteiger partial charge in [0.05, 0.1) is 12.0 Å². The molecule has 0 saturated carbocycles. The lowest BCUT2D eigenvalue weighted by Crippen LogP contribution is -2.23. The molecule has 1 saturated heterocycles. The maximum Gasteiger partial charge on any atom is 0.227 e. The van der Waals surface area contributed by atoms with Gasteiger partial charge in [0.25, 0.3) is 0 Å². The quantitative estimate of drug-likeness (QED) is 0.855. The second-order valence-electron chi connectivity index (χ2n) is 4.90. The van der Waals surface area contributed by atoms with Gasteiger partial charge in [0, 0.05) is 23.5 Å². The summed E-state index contributed by atoms with van der Waals surface area (Å²) in [6, 6.07) is 16.1. The number of hydrogen-bond acceptors (Lipinski definition) is 3. The van der Waals surface area contributed by atoms with Crippen molar-refractivity contribution in [1.29, 1.82) is 0 Å². The zero-order valence-electron chi connectivity index (χ0n) is 11.9. The number of rotatable bonds is 4. The highest BCUT2D eigenvalue weighted by molar-refractivity contribution is 7.99. The molecule has 1 fully saturated rings. The first kappa shape index (κ1) is 14.0. The van der Waals surface area contributed by atoms with E-state index in [1.807, 2.05) is 41.3 Å². The fourth-order valence-electron chi connectivity index (χ4n) is 2.45. The smallest absolute Gasteiger partial charge is 0.227 e. The molecule has 0 spiro atoms. The molecule has 21 heavy (non-hydrogen) atoms. The van der Waals surface area contributed by atoms with Crippen molar-refractivity contribution in [3.8, 4) is 5.75 Å². The molecular formula is C17H17NO2S. The van der Waals surface area contributed by atoms with Gasteiger partial charge < -0.3 is 9.64 Å². The van der Waals surface area contributed by atoms with Crippen molar-refractivity contribution >= 4 is 23.4 Å². The van der Waals surface area contributed by atoms with E-state index in [1.165, 1.54) is 0 Å². The van der Waals surface area contributed by atoms with Gasteiger partial charge in [0.15, 0.2) is 0 Å². The summed E-state index contributed by atoms with van der Waals surface area (Å²) in [6.45, 7) is 0.806. The molecule has 1 aliphatic heterocycles. The summed E-state index contributed by atoms with van der Waals surface area (Å²) in [6.07, 6.45) is 1.58. The molecule has 3 nitrogen and oxygen atoms in total. The third kappa shape index (κ3) is 3.05. The van der Waals surface area contributed by atoms with Crippen molar-refractivity contribution < 1.29 is 9.53 Å². The summed E-state index contributed by atoms with van der Waals surface area (Å²) < 4.78 is 5.44. The first-order valence-corrected chi connectivity index (χ1v) is 7.81. The van der Waals surface area contributed by atoms with Crippen LogP contribution in [0.4, 0.5) is 5.69 Å². The number of amides is 1. The topological polar surface area (TPSA) is 29.5 Å². The second kappa shape index (κ2) is 6.22. The molecule has 0 atom stereocenters. The molecule has 0 aliphatic carbocycles. The number of anilines is 1. The first-order valence-electron chi connectivity index (χ1n) is 6.99. The van der Waals surface area contributed by atoms with Crippen LogP contribution in [-0.4, -0.2) is 19.6 Å². The van der Waals surface area contributed by atoms with Crippen molar-refractivity contribution in [3.05, 3.63) is 48.5 Å². The van der Waals surface area contributed by atoms with Crippen LogP contribution in [0.15, 0.2) is 58.3 Å². The zero-order chi connectivity index (χ0) is 14.7. The molecule has 2 aromatic carbocycles. The van der Waals surface area contributed by atoms with E-state index in [0.29, 0.717) is 6.42 Å². The summed E-state index contributed by atoms with van der Waals surface area (Å²) >= 11 is 1.65. The number of methoxy groups -OCH3 is 1. The van der Waals surface area contributed by atoms with E-state index in [0.717, 1.165) is 34.2 Å². The highest BCUT2D eigenvalue weighted by Gasteiger charge is 2.22. The van der Waals surface area contributed by atoms with Gasteiger partial charge in [-0.05, 0) is 36.8 Å². The van der Waals surface area contributed by atoms with Crippen LogP contribution in [0, 0.1) is 0 Å². The van der Waals surface area contributed by atoms with E-state index >= 15 is 0 Å². The number of hydrogen-bond donors (Lipinski definition) is 0. The Hall–Kier alpha value is -1.94. The predicted molar refractivity (Wildman–Crippen MR) is 85.1 cm³/mol. The van der Waals surface area contributed by atoms with E-state index in [9.17, 15) is 4.79 Å². The average Bonchev–Trinajstić information content (AvgIpc) is 2.94. The van der Waals surface area contributed by atoms with Crippen LogP contribution in [0.5, 0.6) is 5.75 Å². The van der Waals surface area contributed by atoms with Crippen LogP contribution in [0.3, 0.4) is 0 Å². The van der Waals surface area contributed by atoms with Crippen molar-refractivity contribution in [3.63, 3.8) is 0 Å². The fraction of sp³-hybridized carbons (Fsp3) is 0.235. The lowest BCUT2D eigenvalue weighted by molar-refractivity contribution is -0.117. The average molecular weight is 299 g/mol. The van der Waals surface area contributed by atoms with Crippen LogP contribution in [-0.2, 0) is 4.79 Å². The van der Waals surface area contributed by atoms with Crippen LogP contribution < -0.4 is 9.64 Å². The highest BCUT2D eigenvalue weighted by atomic mass is 32.2. The standard InChI is InChI=1S/C17H17NO2S/c1-20-15-10-9-13(18-11-5-8-17(18)19)12-16(15)21-14-6-3-2-4-7-14/h2-4,6-7,9-10,12H,5,8,11H2,1H3. The van der Waals surface area contributed by atoms with E-state index < -0.39 is 0 Å². The van der Waals surface area contributed by atoms with E-state index in [2.05, 4.69) is 12.1 Å². The Bertz CT molecular complexity index is 642. The minimum atomic E-state index is 0.204. The molecule has 1 amide bonds. The SMILES string of the molecule is COc1ccc(N2CCCC2=O)cc1Sc1ccccc1. The Labute approximate surface area is 128 Å². The largest absolute Gasteiger partial charge is 0.496 e. The molecule has 0 bridgehead atoms. The number of benzene rings is 2. The third-order valence-corrected chi connectivity index (χ3v) is 4.55. The third-order valence-electron chi connectivity index (χ3n) is 3.50. The number of ether oxygens (including phenoxy) is 1. The van der Waals surface area contributed by atoms with Crippen LogP contribution >= 0.6 is 11.8 Å². The predicted octanol–water partition coefficient (Wildman–Crippen LogP) is 3.97. The number of carbonyl (C=O) groups excluding carboxylic acids is 1. The Kier molecular flexibility index (Phi) is 4.15. The molecule has 0 N–H and O–H groups in total. The molecule has 1 aliphatic rings. The normalized spacial score (nSPS) is 14.5. The molecule has 1 heterocycles. The molecule has 0 unspecified atom stereocenters.